The molecule has 1 N–H and O–H groups in total. The van der Waals surface area contributed by atoms with E-state index < -0.39 is 4.92 Å². The van der Waals surface area contributed by atoms with E-state index in [1.165, 1.54) is 12.1 Å². The summed E-state index contributed by atoms with van der Waals surface area (Å²) in [6, 6.07) is 15.8. The Labute approximate surface area is 155 Å². The van der Waals surface area contributed by atoms with E-state index in [0.29, 0.717) is 10.7 Å². The highest BCUT2D eigenvalue weighted by atomic mass is 35.5. The first-order valence-corrected chi connectivity index (χ1v) is 8.32. The molecule has 0 bridgehead atoms. The molecule has 26 heavy (non-hydrogen) atoms. The standard InChI is InChI=1S/C19H17ClN4O2/c1-13-11-15(14(2)23(13)19-6-4-3-5-18(19)20)12-21-22-16-7-9-17(10-8-16)24(25)26/h3-12,22H,1-2H3/b21-12-. The summed E-state index contributed by atoms with van der Waals surface area (Å²) in [5.41, 5.74) is 7.54. The molecule has 0 saturated heterocycles. The lowest BCUT2D eigenvalue weighted by atomic mass is 10.2. The second kappa shape index (κ2) is 7.41. The van der Waals surface area contributed by atoms with E-state index in [1.807, 2.05) is 44.2 Å². The molecule has 0 spiro atoms. The second-order valence-electron chi connectivity index (χ2n) is 5.79. The molecule has 3 aromatic rings. The lowest BCUT2D eigenvalue weighted by Crippen LogP contribution is -2.00. The molecule has 0 saturated carbocycles. The quantitative estimate of drug-likeness (QED) is 0.386. The Hall–Kier alpha value is -3.12. The fourth-order valence-corrected chi connectivity index (χ4v) is 2.98. The van der Waals surface area contributed by atoms with Gasteiger partial charge in [-0.05, 0) is 44.2 Å². The lowest BCUT2D eigenvalue weighted by Gasteiger charge is -2.11. The summed E-state index contributed by atoms with van der Waals surface area (Å²) in [6.07, 6.45) is 1.72. The number of non-ortho nitro benzene ring substituents is 1. The molecule has 0 unspecified atom stereocenters. The van der Waals surface area contributed by atoms with E-state index >= 15 is 0 Å². The number of nitrogens with zero attached hydrogens (tertiary/aromatic N) is 3. The molecule has 2 aromatic carbocycles. The number of nitro benzene ring substituents is 1. The molecule has 6 nitrogen and oxygen atoms in total. The topological polar surface area (TPSA) is 72.5 Å². The number of nitro groups is 1. The molecule has 7 heteroatoms. The van der Waals surface area contributed by atoms with Crippen LogP contribution in [0.25, 0.3) is 5.69 Å². The fourth-order valence-electron chi connectivity index (χ4n) is 2.76. The van der Waals surface area contributed by atoms with Crippen LogP contribution in [-0.2, 0) is 0 Å². The van der Waals surface area contributed by atoms with Crippen LogP contribution in [0.1, 0.15) is 17.0 Å². The van der Waals surface area contributed by atoms with Crippen molar-refractivity contribution in [3.05, 3.63) is 86.7 Å². The summed E-state index contributed by atoms with van der Waals surface area (Å²) in [5, 5.41) is 15.6. The number of para-hydroxylation sites is 1. The molecule has 3 rings (SSSR count). The van der Waals surface area contributed by atoms with Crippen molar-refractivity contribution in [2.75, 3.05) is 5.43 Å². The molecule has 1 aromatic heterocycles. The second-order valence-corrected chi connectivity index (χ2v) is 6.19. The number of rotatable bonds is 5. The van der Waals surface area contributed by atoms with Crippen molar-refractivity contribution in [1.82, 2.24) is 4.57 Å². The molecule has 0 aliphatic rings. The fraction of sp³-hybridized carbons (Fsp3) is 0.105. The highest BCUT2D eigenvalue weighted by Crippen LogP contribution is 2.25. The zero-order valence-corrected chi connectivity index (χ0v) is 15.1. The van der Waals surface area contributed by atoms with Crippen LogP contribution in [0.4, 0.5) is 11.4 Å². The SMILES string of the molecule is Cc1cc(/C=N\Nc2ccc([N+](=O)[O-])cc2)c(C)n1-c1ccccc1Cl. The number of hydrazone groups is 1. The van der Waals surface area contributed by atoms with Crippen LogP contribution in [-0.4, -0.2) is 15.7 Å². The first-order valence-electron chi connectivity index (χ1n) is 7.95. The van der Waals surface area contributed by atoms with E-state index in [1.54, 1.807) is 18.3 Å². The molecule has 0 radical (unpaired) electrons. The molecular weight excluding hydrogens is 352 g/mol. The van der Waals surface area contributed by atoms with Crippen molar-refractivity contribution >= 4 is 29.2 Å². The summed E-state index contributed by atoms with van der Waals surface area (Å²) in [4.78, 5) is 10.2. The van der Waals surface area contributed by atoms with E-state index in [-0.39, 0.29) is 5.69 Å². The van der Waals surface area contributed by atoms with Gasteiger partial charge in [-0.15, -0.1) is 0 Å². The number of aryl methyl sites for hydroxylation is 1. The maximum absolute atomic E-state index is 10.7. The van der Waals surface area contributed by atoms with Crippen molar-refractivity contribution in [1.29, 1.82) is 0 Å². The first kappa shape index (κ1) is 17.7. The average Bonchev–Trinajstić information content (AvgIpc) is 2.90. The summed E-state index contributed by atoms with van der Waals surface area (Å²) in [6.45, 7) is 4.01. The maximum atomic E-state index is 10.7. The van der Waals surface area contributed by atoms with Gasteiger partial charge in [-0.25, -0.2) is 0 Å². The van der Waals surface area contributed by atoms with Gasteiger partial charge in [0.25, 0.3) is 5.69 Å². The number of benzene rings is 2. The summed E-state index contributed by atoms with van der Waals surface area (Å²) >= 11 is 6.32. The third-order valence-corrected chi connectivity index (χ3v) is 4.36. The molecule has 132 valence electrons. The van der Waals surface area contributed by atoms with Crippen LogP contribution in [0, 0.1) is 24.0 Å². The molecule has 0 aliphatic heterocycles. The van der Waals surface area contributed by atoms with E-state index in [2.05, 4.69) is 15.1 Å². The summed E-state index contributed by atoms with van der Waals surface area (Å²) in [7, 11) is 0. The van der Waals surface area contributed by atoms with Crippen LogP contribution < -0.4 is 5.43 Å². The average molecular weight is 369 g/mol. The lowest BCUT2D eigenvalue weighted by molar-refractivity contribution is -0.384. The number of aromatic nitrogens is 1. The van der Waals surface area contributed by atoms with Gasteiger partial charge >= 0.3 is 0 Å². The van der Waals surface area contributed by atoms with Crippen molar-refractivity contribution in [3.8, 4) is 5.69 Å². The van der Waals surface area contributed by atoms with Gasteiger partial charge in [0.1, 0.15) is 0 Å². The van der Waals surface area contributed by atoms with Crippen molar-refractivity contribution in [3.63, 3.8) is 0 Å². The Kier molecular flexibility index (Phi) is 5.04. The van der Waals surface area contributed by atoms with Crippen molar-refractivity contribution < 1.29 is 4.92 Å². The van der Waals surface area contributed by atoms with Gasteiger partial charge in [-0.2, -0.15) is 5.10 Å². The monoisotopic (exact) mass is 368 g/mol. The van der Waals surface area contributed by atoms with Gasteiger partial charge in [-0.3, -0.25) is 15.5 Å². The predicted molar refractivity (Wildman–Crippen MR) is 105 cm³/mol. The van der Waals surface area contributed by atoms with Gasteiger partial charge in [0.15, 0.2) is 0 Å². The van der Waals surface area contributed by atoms with E-state index in [9.17, 15) is 10.1 Å². The number of anilines is 1. The molecule has 0 atom stereocenters. The first-order chi connectivity index (χ1) is 12.5. The smallest absolute Gasteiger partial charge is 0.269 e. The highest BCUT2D eigenvalue weighted by molar-refractivity contribution is 6.32. The van der Waals surface area contributed by atoms with Crippen LogP contribution in [0.15, 0.2) is 59.7 Å². The summed E-state index contributed by atoms with van der Waals surface area (Å²) < 4.78 is 2.08. The molecule has 0 amide bonds. The summed E-state index contributed by atoms with van der Waals surface area (Å²) in [5.74, 6) is 0. The Morgan fingerprint density at radius 1 is 1.15 bits per heavy atom. The van der Waals surface area contributed by atoms with Crippen LogP contribution >= 0.6 is 11.6 Å². The molecular formula is C19H17ClN4O2. The van der Waals surface area contributed by atoms with Crippen LogP contribution in [0.5, 0.6) is 0 Å². The van der Waals surface area contributed by atoms with Crippen LogP contribution in [0.3, 0.4) is 0 Å². The normalized spacial score (nSPS) is 11.0. The highest BCUT2D eigenvalue weighted by Gasteiger charge is 2.11. The molecule has 0 fully saturated rings. The van der Waals surface area contributed by atoms with E-state index in [0.717, 1.165) is 22.6 Å². The van der Waals surface area contributed by atoms with Crippen LogP contribution in [0.2, 0.25) is 5.02 Å². The maximum Gasteiger partial charge on any atom is 0.269 e. The zero-order chi connectivity index (χ0) is 18.7. The Bertz CT molecular complexity index is 978. The number of nitrogens with one attached hydrogen (secondary N) is 1. The number of hydrogen-bond donors (Lipinski definition) is 1. The van der Waals surface area contributed by atoms with Gasteiger partial charge in [-0.1, -0.05) is 23.7 Å². The molecule has 1 heterocycles. The minimum absolute atomic E-state index is 0.0443. The Balaban J connectivity index is 1.80. The Morgan fingerprint density at radius 3 is 2.50 bits per heavy atom. The zero-order valence-electron chi connectivity index (χ0n) is 14.3. The minimum Gasteiger partial charge on any atom is -0.316 e. The van der Waals surface area contributed by atoms with Crippen molar-refractivity contribution in [2.24, 2.45) is 5.10 Å². The van der Waals surface area contributed by atoms with E-state index in [4.69, 9.17) is 11.6 Å². The third kappa shape index (κ3) is 3.60. The number of hydrogen-bond acceptors (Lipinski definition) is 4. The minimum atomic E-state index is -0.434. The van der Waals surface area contributed by atoms with Gasteiger partial charge in [0.05, 0.1) is 27.5 Å². The van der Waals surface area contributed by atoms with Gasteiger partial charge in [0, 0.05) is 29.1 Å². The largest absolute Gasteiger partial charge is 0.316 e. The van der Waals surface area contributed by atoms with Crippen molar-refractivity contribution in [2.45, 2.75) is 13.8 Å². The third-order valence-electron chi connectivity index (χ3n) is 4.04. The predicted octanol–water partition coefficient (Wildman–Crippen LogP) is 5.10. The van der Waals surface area contributed by atoms with Gasteiger partial charge < -0.3 is 4.57 Å². The Morgan fingerprint density at radius 2 is 1.85 bits per heavy atom. The van der Waals surface area contributed by atoms with Gasteiger partial charge in [0.2, 0.25) is 0 Å². The molecule has 0 aliphatic carbocycles. The number of halogens is 1.